The van der Waals surface area contributed by atoms with Crippen molar-refractivity contribution in [2.24, 2.45) is 7.05 Å². The van der Waals surface area contributed by atoms with Crippen molar-refractivity contribution in [3.63, 3.8) is 0 Å². The summed E-state index contributed by atoms with van der Waals surface area (Å²) in [5.74, 6) is 1.35. The van der Waals surface area contributed by atoms with Crippen molar-refractivity contribution in [1.29, 1.82) is 0 Å². The number of hydrogen-bond acceptors (Lipinski definition) is 4. The fourth-order valence-electron chi connectivity index (χ4n) is 2.23. The molecule has 1 atom stereocenters. The normalized spacial score (nSPS) is 12.1. The number of carbonyl (C=O) groups excluding carboxylic acids is 1. The fourth-order valence-corrected chi connectivity index (χ4v) is 2.23. The summed E-state index contributed by atoms with van der Waals surface area (Å²) in [4.78, 5) is 12.2. The van der Waals surface area contributed by atoms with Crippen LogP contribution in [-0.4, -0.2) is 33.9 Å². The van der Waals surface area contributed by atoms with Gasteiger partial charge < -0.3 is 14.6 Å². The largest absolute Gasteiger partial charge is 0.372 e. The van der Waals surface area contributed by atoms with E-state index in [1.54, 1.807) is 0 Å². The van der Waals surface area contributed by atoms with Crippen molar-refractivity contribution >= 4 is 5.91 Å². The van der Waals surface area contributed by atoms with Gasteiger partial charge in [-0.2, -0.15) is 0 Å². The number of ether oxygens (including phenoxy) is 1. The standard InChI is InChI=1S/C17H24N4O2/c1-4-5-11-23-12-15(22)18-16(14-9-7-6-8-10-14)17-20-19-13(2)21(17)3/h6-10,16H,4-5,11-12H2,1-3H3,(H,18,22)/t16-/m0/s1. The molecule has 0 unspecified atom stereocenters. The number of benzene rings is 1. The van der Waals surface area contributed by atoms with E-state index in [0.29, 0.717) is 12.4 Å². The highest BCUT2D eigenvalue weighted by atomic mass is 16.5. The summed E-state index contributed by atoms with van der Waals surface area (Å²) in [6.45, 7) is 4.63. The molecule has 0 bridgehead atoms. The van der Waals surface area contributed by atoms with Crippen molar-refractivity contribution in [2.75, 3.05) is 13.2 Å². The first-order chi connectivity index (χ1) is 11.1. The lowest BCUT2D eigenvalue weighted by Gasteiger charge is -2.18. The summed E-state index contributed by atoms with van der Waals surface area (Å²) in [6, 6.07) is 9.41. The van der Waals surface area contributed by atoms with Crippen LogP contribution < -0.4 is 5.32 Å². The Morgan fingerprint density at radius 2 is 2.04 bits per heavy atom. The molecule has 0 aliphatic rings. The molecule has 124 valence electrons. The van der Waals surface area contributed by atoms with Crippen molar-refractivity contribution in [1.82, 2.24) is 20.1 Å². The van der Waals surface area contributed by atoms with Gasteiger partial charge in [0.2, 0.25) is 5.91 Å². The van der Waals surface area contributed by atoms with E-state index >= 15 is 0 Å². The molecule has 1 amide bonds. The molecule has 1 aromatic carbocycles. The second-order valence-electron chi connectivity index (χ2n) is 5.48. The van der Waals surface area contributed by atoms with E-state index in [0.717, 1.165) is 24.2 Å². The van der Waals surface area contributed by atoms with Crippen molar-refractivity contribution in [3.8, 4) is 0 Å². The fraction of sp³-hybridized carbons (Fsp3) is 0.471. The monoisotopic (exact) mass is 316 g/mol. The van der Waals surface area contributed by atoms with Crippen LogP contribution in [-0.2, 0) is 16.6 Å². The minimum absolute atomic E-state index is 0.0557. The Labute approximate surface area is 136 Å². The van der Waals surface area contributed by atoms with Gasteiger partial charge in [0.1, 0.15) is 18.5 Å². The van der Waals surface area contributed by atoms with Crippen LogP contribution >= 0.6 is 0 Å². The van der Waals surface area contributed by atoms with Crippen molar-refractivity contribution < 1.29 is 9.53 Å². The lowest BCUT2D eigenvalue weighted by molar-refractivity contribution is -0.126. The Kier molecular flexibility index (Phi) is 6.29. The Balaban J connectivity index is 2.12. The molecule has 0 aliphatic heterocycles. The lowest BCUT2D eigenvalue weighted by atomic mass is 10.1. The van der Waals surface area contributed by atoms with Gasteiger partial charge in [0, 0.05) is 13.7 Å². The van der Waals surface area contributed by atoms with Gasteiger partial charge in [-0.15, -0.1) is 10.2 Å². The Morgan fingerprint density at radius 1 is 1.30 bits per heavy atom. The topological polar surface area (TPSA) is 69.0 Å². The van der Waals surface area contributed by atoms with Gasteiger partial charge in [-0.05, 0) is 18.9 Å². The smallest absolute Gasteiger partial charge is 0.246 e. The first-order valence-corrected chi connectivity index (χ1v) is 7.91. The molecule has 0 fully saturated rings. The highest BCUT2D eigenvalue weighted by molar-refractivity contribution is 5.78. The predicted molar refractivity (Wildman–Crippen MR) is 87.9 cm³/mol. The minimum Gasteiger partial charge on any atom is -0.372 e. The van der Waals surface area contributed by atoms with Crippen LogP contribution in [0.3, 0.4) is 0 Å². The molecule has 6 heteroatoms. The highest BCUT2D eigenvalue weighted by Gasteiger charge is 2.22. The van der Waals surface area contributed by atoms with Crippen LogP contribution in [0.25, 0.3) is 0 Å². The number of aryl methyl sites for hydroxylation is 1. The van der Waals surface area contributed by atoms with E-state index in [4.69, 9.17) is 4.74 Å². The molecular weight excluding hydrogens is 292 g/mol. The molecule has 1 aromatic heterocycles. The zero-order chi connectivity index (χ0) is 16.7. The first kappa shape index (κ1) is 17.1. The van der Waals surface area contributed by atoms with Gasteiger partial charge in [-0.3, -0.25) is 4.79 Å². The molecule has 0 spiro atoms. The van der Waals surface area contributed by atoms with Crippen molar-refractivity contribution in [3.05, 3.63) is 47.5 Å². The number of nitrogens with zero attached hydrogens (tertiary/aromatic N) is 3. The molecule has 1 heterocycles. The third-order valence-corrected chi connectivity index (χ3v) is 3.70. The maximum atomic E-state index is 12.2. The van der Waals surface area contributed by atoms with E-state index in [-0.39, 0.29) is 18.6 Å². The third kappa shape index (κ3) is 4.63. The molecule has 0 saturated carbocycles. The van der Waals surface area contributed by atoms with Gasteiger partial charge in [0.05, 0.1) is 0 Å². The van der Waals surface area contributed by atoms with E-state index in [1.165, 1.54) is 0 Å². The van der Waals surface area contributed by atoms with Crippen LogP contribution in [0.5, 0.6) is 0 Å². The van der Waals surface area contributed by atoms with Gasteiger partial charge >= 0.3 is 0 Å². The number of aromatic nitrogens is 3. The van der Waals surface area contributed by atoms with Crippen LogP contribution in [0, 0.1) is 6.92 Å². The molecular formula is C17H24N4O2. The molecule has 23 heavy (non-hydrogen) atoms. The van der Waals surface area contributed by atoms with Gasteiger partial charge in [-0.25, -0.2) is 0 Å². The molecule has 0 aliphatic carbocycles. The SMILES string of the molecule is CCCCOCC(=O)N[C@@H](c1ccccc1)c1nnc(C)n1C. The van der Waals surface area contributed by atoms with E-state index in [9.17, 15) is 4.79 Å². The van der Waals surface area contributed by atoms with E-state index in [1.807, 2.05) is 48.9 Å². The predicted octanol–water partition coefficient (Wildman–Crippen LogP) is 2.15. The average molecular weight is 316 g/mol. The van der Waals surface area contributed by atoms with Gasteiger partial charge in [-0.1, -0.05) is 43.7 Å². The number of amides is 1. The first-order valence-electron chi connectivity index (χ1n) is 7.91. The Morgan fingerprint density at radius 3 is 2.65 bits per heavy atom. The number of hydrogen-bond donors (Lipinski definition) is 1. The van der Waals surface area contributed by atoms with Crippen molar-refractivity contribution in [2.45, 2.75) is 32.7 Å². The number of unbranched alkanes of at least 4 members (excludes halogenated alkanes) is 1. The maximum absolute atomic E-state index is 12.2. The maximum Gasteiger partial charge on any atom is 0.246 e. The molecule has 0 radical (unpaired) electrons. The number of rotatable bonds is 8. The minimum atomic E-state index is -0.343. The summed E-state index contributed by atoms with van der Waals surface area (Å²) in [6.07, 6.45) is 2.00. The van der Waals surface area contributed by atoms with E-state index < -0.39 is 0 Å². The van der Waals surface area contributed by atoms with Gasteiger partial charge in [0.15, 0.2) is 5.82 Å². The average Bonchev–Trinajstić information content (AvgIpc) is 2.90. The summed E-state index contributed by atoms with van der Waals surface area (Å²) in [5.41, 5.74) is 0.963. The van der Waals surface area contributed by atoms with Gasteiger partial charge in [0.25, 0.3) is 0 Å². The third-order valence-electron chi connectivity index (χ3n) is 3.70. The molecule has 2 rings (SSSR count). The van der Waals surface area contributed by atoms with Crippen LogP contribution in [0.2, 0.25) is 0 Å². The second-order valence-corrected chi connectivity index (χ2v) is 5.48. The summed E-state index contributed by atoms with van der Waals surface area (Å²) < 4.78 is 7.27. The number of nitrogens with one attached hydrogen (secondary N) is 1. The highest BCUT2D eigenvalue weighted by Crippen LogP contribution is 2.20. The molecule has 2 aromatic rings. The summed E-state index contributed by atoms with van der Waals surface area (Å²) in [7, 11) is 1.89. The molecule has 0 saturated heterocycles. The van der Waals surface area contributed by atoms with Crippen LogP contribution in [0.1, 0.15) is 43.0 Å². The zero-order valence-electron chi connectivity index (χ0n) is 14.0. The summed E-state index contributed by atoms with van der Waals surface area (Å²) >= 11 is 0. The van der Waals surface area contributed by atoms with E-state index in [2.05, 4.69) is 22.4 Å². The number of carbonyl (C=O) groups is 1. The quantitative estimate of drug-likeness (QED) is 0.758. The zero-order valence-corrected chi connectivity index (χ0v) is 14.0. The molecule has 6 nitrogen and oxygen atoms in total. The summed E-state index contributed by atoms with van der Waals surface area (Å²) in [5, 5.41) is 11.3. The van der Waals surface area contributed by atoms with Crippen LogP contribution in [0.4, 0.5) is 0 Å². The Bertz CT molecular complexity index is 625. The second kappa shape index (κ2) is 8.43. The lowest BCUT2D eigenvalue weighted by Crippen LogP contribution is -2.34. The molecule has 1 N–H and O–H groups in total. The van der Waals surface area contributed by atoms with Crippen LogP contribution in [0.15, 0.2) is 30.3 Å². The Hall–Kier alpha value is -2.21.